The van der Waals surface area contributed by atoms with Crippen LogP contribution in [0.3, 0.4) is 0 Å². The van der Waals surface area contributed by atoms with Crippen molar-refractivity contribution in [3.05, 3.63) is 0 Å². The van der Waals surface area contributed by atoms with Crippen molar-refractivity contribution in [2.24, 2.45) is 0 Å². The molecule has 0 rings (SSSR count). The molecule has 0 aliphatic carbocycles. The van der Waals surface area contributed by atoms with Gasteiger partial charge in [-0.15, -0.1) is 0 Å². The molecular formula is C2H7BP2. The van der Waals surface area contributed by atoms with Crippen LogP contribution in [-0.2, 0) is 0 Å². The molecule has 0 nitrogen and oxygen atoms in total. The van der Waals surface area contributed by atoms with E-state index in [9.17, 15) is 0 Å². The van der Waals surface area contributed by atoms with Crippen LogP contribution in [0.25, 0.3) is 0 Å². The molecule has 0 N–H and O–H groups in total. The minimum atomic E-state index is 1.04. The Balaban J connectivity index is 3.26. The summed E-state index contributed by atoms with van der Waals surface area (Å²) in [7, 11) is 2.55. The van der Waals surface area contributed by atoms with E-state index in [1.165, 1.54) is 7.87 Å². The second-order valence-electron chi connectivity index (χ2n) is 0.641. The van der Waals surface area contributed by atoms with Crippen LogP contribution in [0, 0.1) is 0 Å². The number of rotatable bonds is 0. The monoisotopic (exact) mass is 104 g/mol. The van der Waals surface area contributed by atoms with E-state index in [0.717, 1.165) is 7.36 Å². The zero-order chi connectivity index (χ0) is 4.12. The Bertz CT molecular complexity index is 56.0. The second-order valence-corrected chi connectivity index (χ2v) is 4.04. The van der Waals surface area contributed by atoms with E-state index in [1.807, 2.05) is 0 Å². The normalized spacial score (nSPS) is 8.40. The Hall–Kier alpha value is 0.665. The van der Waals surface area contributed by atoms with Crippen molar-refractivity contribution in [2.45, 2.75) is 6.82 Å². The first-order chi connectivity index (χ1) is 2.41. The van der Waals surface area contributed by atoms with Crippen molar-refractivity contribution in [3.8, 4) is 0 Å². The fourth-order valence-electron chi connectivity index (χ4n) is 0.129. The van der Waals surface area contributed by atoms with Crippen molar-refractivity contribution in [2.75, 3.05) is 6.66 Å². The predicted octanol–water partition coefficient (Wildman–Crippen LogP) is 1.82. The van der Waals surface area contributed by atoms with Crippen LogP contribution in [0.4, 0.5) is 0 Å². The van der Waals surface area contributed by atoms with Crippen LogP contribution >= 0.6 is 15.2 Å². The van der Waals surface area contributed by atoms with E-state index in [4.69, 9.17) is 0 Å². The summed E-state index contributed by atoms with van der Waals surface area (Å²) in [5, 5.41) is 0. The van der Waals surface area contributed by atoms with Gasteiger partial charge in [-0.1, -0.05) is 0 Å². The van der Waals surface area contributed by atoms with Gasteiger partial charge >= 0.3 is 35.3 Å². The summed E-state index contributed by atoms with van der Waals surface area (Å²) in [6.07, 6.45) is 0. The van der Waals surface area contributed by atoms with Crippen molar-refractivity contribution < 1.29 is 0 Å². The van der Waals surface area contributed by atoms with E-state index in [2.05, 4.69) is 20.1 Å². The van der Waals surface area contributed by atoms with Gasteiger partial charge in [-0.2, -0.15) is 0 Å². The van der Waals surface area contributed by atoms with E-state index >= 15 is 0 Å². The van der Waals surface area contributed by atoms with Crippen LogP contribution in [0.5, 0.6) is 0 Å². The van der Waals surface area contributed by atoms with Crippen LogP contribution in [0.1, 0.15) is 0 Å². The van der Waals surface area contributed by atoms with Gasteiger partial charge in [0.05, 0.1) is 0 Å². The molecule has 0 aromatic carbocycles. The molecule has 1 atom stereocenters. The fraction of sp³-hybridized carbons (Fsp3) is 1.00. The number of hydrogen-bond donors (Lipinski definition) is 0. The molecule has 0 spiro atoms. The van der Waals surface area contributed by atoms with E-state index in [1.54, 1.807) is 0 Å². The zero-order valence-corrected chi connectivity index (χ0v) is 5.42. The molecule has 0 radical (unpaired) electrons. The van der Waals surface area contributed by atoms with Gasteiger partial charge in [0.15, 0.2) is 0 Å². The third kappa shape index (κ3) is 4.66. The van der Waals surface area contributed by atoms with Gasteiger partial charge in [-0.25, -0.2) is 0 Å². The van der Waals surface area contributed by atoms with Gasteiger partial charge in [-0.05, 0) is 0 Å². The van der Waals surface area contributed by atoms with E-state index < -0.39 is 0 Å². The first kappa shape index (κ1) is 5.66. The molecule has 0 bridgehead atoms. The molecule has 0 heterocycles. The molecule has 5 heavy (non-hydrogen) atoms. The summed E-state index contributed by atoms with van der Waals surface area (Å²) in [6, 6.07) is 0. The Labute approximate surface area is 36.2 Å². The van der Waals surface area contributed by atoms with Gasteiger partial charge in [0, 0.05) is 0 Å². The minimum absolute atomic E-state index is 1.04. The second kappa shape index (κ2) is 4.66. The number of hydrogen-bond acceptors (Lipinski definition) is 0. The molecule has 0 aliphatic heterocycles. The Kier molecular flexibility index (Phi) is 5.29. The van der Waals surface area contributed by atoms with Gasteiger partial charge in [0.1, 0.15) is 0 Å². The van der Waals surface area contributed by atoms with E-state index in [-0.39, 0.29) is 0 Å². The van der Waals surface area contributed by atoms with Gasteiger partial charge in [0.2, 0.25) is 0 Å². The predicted molar refractivity (Wildman–Crippen MR) is 32.8 cm³/mol. The molecule has 0 aromatic rings. The van der Waals surface area contributed by atoms with Crippen molar-refractivity contribution in [1.82, 2.24) is 0 Å². The topological polar surface area (TPSA) is 0 Å². The summed E-state index contributed by atoms with van der Waals surface area (Å²) in [6.45, 7) is 6.45. The maximum atomic E-state index is 2.20. The van der Waals surface area contributed by atoms with Gasteiger partial charge in [-0.3, -0.25) is 0 Å². The summed E-state index contributed by atoms with van der Waals surface area (Å²) in [5.41, 5.74) is 0. The van der Waals surface area contributed by atoms with Gasteiger partial charge < -0.3 is 0 Å². The average molecular weight is 104 g/mol. The Morgan fingerprint density at radius 3 is 2.40 bits per heavy atom. The van der Waals surface area contributed by atoms with Crippen LogP contribution in [0.2, 0.25) is 6.82 Å². The standard InChI is InChI=1S/C2H7BP2/c1-3-5-4-2/h5H,1-2H3. The molecule has 0 saturated heterocycles. The molecule has 0 saturated carbocycles. The van der Waals surface area contributed by atoms with Crippen molar-refractivity contribution in [1.29, 1.82) is 0 Å². The molecule has 0 amide bonds. The third-order valence-corrected chi connectivity index (χ3v) is 2.32. The summed E-state index contributed by atoms with van der Waals surface area (Å²) in [4.78, 5) is 0. The summed E-state index contributed by atoms with van der Waals surface area (Å²) < 4.78 is 0. The van der Waals surface area contributed by atoms with Crippen LogP contribution in [0.15, 0.2) is 0 Å². The SMILES string of the molecule is CB=[PH]=PC. The third-order valence-electron chi connectivity index (χ3n) is 0.258. The maximum absolute atomic E-state index is 2.20. The first-order valence-electron chi connectivity index (χ1n) is 1.54. The molecule has 1 unspecified atom stereocenters. The molecule has 0 fully saturated rings. The summed E-state index contributed by atoms with van der Waals surface area (Å²) in [5.74, 6) is 0. The van der Waals surface area contributed by atoms with Crippen LogP contribution in [-0.4, -0.2) is 13.3 Å². The average Bonchev–Trinajstić information content (AvgIpc) is 1.41. The summed E-state index contributed by atoms with van der Waals surface area (Å²) >= 11 is 0. The molecule has 0 aliphatic rings. The fourth-order valence-corrected chi connectivity index (χ4v) is 1.16. The zero-order valence-electron chi connectivity index (χ0n) is 3.52. The van der Waals surface area contributed by atoms with Crippen molar-refractivity contribution in [3.63, 3.8) is 0 Å². The quantitative estimate of drug-likeness (QED) is 0.324. The molecule has 3 heteroatoms. The van der Waals surface area contributed by atoms with Crippen molar-refractivity contribution >= 4 is 21.8 Å². The van der Waals surface area contributed by atoms with E-state index in [0.29, 0.717) is 0 Å². The first-order valence-corrected chi connectivity index (χ1v) is 4.80. The Morgan fingerprint density at radius 2 is 2.40 bits per heavy atom. The molecular weight excluding hydrogens is 96.8 g/mol. The van der Waals surface area contributed by atoms with Gasteiger partial charge in [0.25, 0.3) is 0 Å². The van der Waals surface area contributed by atoms with Crippen LogP contribution < -0.4 is 0 Å². The Morgan fingerprint density at radius 1 is 1.80 bits per heavy atom. The molecule has 0 aromatic heterocycles. The molecule has 28 valence electrons.